The van der Waals surface area contributed by atoms with E-state index in [2.05, 4.69) is 50.4 Å². The van der Waals surface area contributed by atoms with E-state index in [1.165, 1.54) is 12.8 Å². The molecule has 0 saturated carbocycles. The number of hydrogen-bond acceptors (Lipinski definition) is 8. The molecule has 3 aromatic rings. The lowest BCUT2D eigenvalue weighted by Crippen LogP contribution is -2.44. The normalized spacial score (nSPS) is 17.3. The van der Waals surface area contributed by atoms with E-state index in [1.807, 2.05) is 23.1 Å². The Morgan fingerprint density at radius 3 is 2.33 bits per heavy atom. The highest BCUT2D eigenvalue weighted by atomic mass is 15.3. The quantitative estimate of drug-likeness (QED) is 0.667. The van der Waals surface area contributed by atoms with Gasteiger partial charge in [0, 0.05) is 69.0 Å². The molecule has 5 rings (SSSR count). The highest BCUT2D eigenvalue weighted by Crippen LogP contribution is 2.26. The molecule has 2 saturated heterocycles. The summed E-state index contributed by atoms with van der Waals surface area (Å²) in [6.07, 6.45) is 6.14. The van der Waals surface area contributed by atoms with Crippen LogP contribution in [0, 0.1) is 0 Å². The van der Waals surface area contributed by atoms with Gasteiger partial charge in [0.15, 0.2) is 0 Å². The van der Waals surface area contributed by atoms with Crippen molar-refractivity contribution >= 4 is 34.3 Å². The van der Waals surface area contributed by atoms with E-state index in [1.54, 1.807) is 0 Å². The summed E-state index contributed by atoms with van der Waals surface area (Å²) >= 11 is 0. The number of hydrogen-bond donors (Lipinski definition) is 2. The lowest BCUT2D eigenvalue weighted by molar-refractivity contribution is 0.551. The zero-order chi connectivity index (χ0) is 20.5. The Labute approximate surface area is 176 Å². The Balaban J connectivity index is 1.48. The smallest absolute Gasteiger partial charge is 0.232 e. The van der Waals surface area contributed by atoms with Crippen LogP contribution in [-0.2, 0) is 0 Å². The van der Waals surface area contributed by atoms with Crippen LogP contribution in [0.25, 0.3) is 10.9 Å². The Bertz CT molecular complexity index is 1020. The van der Waals surface area contributed by atoms with E-state index < -0.39 is 0 Å². The average Bonchev–Trinajstić information content (AvgIpc) is 3.44. The van der Waals surface area contributed by atoms with Crippen molar-refractivity contribution in [1.29, 1.82) is 0 Å². The molecular formula is C21H29N9. The lowest BCUT2D eigenvalue weighted by Gasteiger charge is -2.29. The molecule has 0 aromatic carbocycles. The van der Waals surface area contributed by atoms with Crippen molar-refractivity contribution in [3.8, 4) is 0 Å². The second-order valence-electron chi connectivity index (χ2n) is 8.28. The van der Waals surface area contributed by atoms with Crippen LogP contribution in [0.15, 0.2) is 24.5 Å². The number of piperazine rings is 1. The van der Waals surface area contributed by atoms with Crippen molar-refractivity contribution in [2.24, 2.45) is 0 Å². The van der Waals surface area contributed by atoms with Gasteiger partial charge in [-0.2, -0.15) is 15.1 Å². The number of nitrogens with one attached hydrogen (secondary N) is 2. The minimum atomic E-state index is 0.284. The van der Waals surface area contributed by atoms with Gasteiger partial charge in [-0.05, 0) is 26.7 Å². The van der Waals surface area contributed by atoms with Crippen LogP contribution < -0.4 is 20.4 Å². The maximum absolute atomic E-state index is 4.84. The molecule has 0 spiro atoms. The van der Waals surface area contributed by atoms with Gasteiger partial charge in [0.1, 0.15) is 17.5 Å². The SMILES string of the molecule is CC(C)n1ncc2cnc(Nc3nc(N4CCCC4)cc(N4CCNCC4)n3)cc21. The molecule has 9 nitrogen and oxygen atoms in total. The van der Waals surface area contributed by atoms with Gasteiger partial charge in [0.25, 0.3) is 0 Å². The Kier molecular flexibility index (Phi) is 5.12. The summed E-state index contributed by atoms with van der Waals surface area (Å²) in [5.41, 5.74) is 1.06. The summed E-state index contributed by atoms with van der Waals surface area (Å²) in [5, 5.41) is 12.3. The molecular weight excluding hydrogens is 378 g/mol. The van der Waals surface area contributed by atoms with Crippen molar-refractivity contribution in [1.82, 2.24) is 30.0 Å². The number of aromatic nitrogens is 5. The first-order chi connectivity index (χ1) is 14.7. The van der Waals surface area contributed by atoms with E-state index in [-0.39, 0.29) is 6.04 Å². The van der Waals surface area contributed by atoms with Crippen molar-refractivity contribution in [3.63, 3.8) is 0 Å². The average molecular weight is 408 g/mol. The molecule has 2 aliphatic heterocycles. The predicted octanol–water partition coefficient (Wildman–Crippen LogP) is 2.56. The first kappa shape index (κ1) is 19.0. The second-order valence-corrected chi connectivity index (χ2v) is 8.28. The largest absolute Gasteiger partial charge is 0.356 e. The minimum Gasteiger partial charge on any atom is -0.356 e. The standard InChI is InChI=1S/C21H29N9/c1-15(2)30-17-11-18(23-13-16(17)14-24-30)25-21-26-19(28-7-3-4-8-28)12-20(27-21)29-9-5-22-6-10-29/h11-15,22H,3-10H2,1-2H3,(H,23,25,26,27). The van der Waals surface area contributed by atoms with Crippen LogP contribution in [0.4, 0.5) is 23.4 Å². The van der Waals surface area contributed by atoms with Gasteiger partial charge >= 0.3 is 0 Å². The van der Waals surface area contributed by atoms with Gasteiger partial charge in [-0.3, -0.25) is 4.68 Å². The van der Waals surface area contributed by atoms with Crippen LogP contribution in [0.5, 0.6) is 0 Å². The van der Waals surface area contributed by atoms with Crippen molar-refractivity contribution in [2.45, 2.75) is 32.7 Å². The predicted molar refractivity (Wildman–Crippen MR) is 120 cm³/mol. The molecule has 0 radical (unpaired) electrons. The molecule has 0 unspecified atom stereocenters. The molecule has 3 aromatic heterocycles. The molecule has 30 heavy (non-hydrogen) atoms. The van der Waals surface area contributed by atoms with Gasteiger partial charge in [-0.15, -0.1) is 0 Å². The number of fused-ring (bicyclic) bond motifs is 1. The van der Waals surface area contributed by atoms with E-state index in [0.29, 0.717) is 5.95 Å². The number of rotatable bonds is 5. The summed E-state index contributed by atoms with van der Waals surface area (Å²) in [6, 6.07) is 4.44. The Hall–Kier alpha value is -2.94. The molecule has 9 heteroatoms. The van der Waals surface area contributed by atoms with Crippen LogP contribution in [0.2, 0.25) is 0 Å². The molecule has 0 bridgehead atoms. The van der Waals surface area contributed by atoms with E-state index in [4.69, 9.17) is 9.97 Å². The topological polar surface area (TPSA) is 87.0 Å². The number of nitrogens with zero attached hydrogens (tertiary/aromatic N) is 7. The lowest BCUT2D eigenvalue weighted by atomic mass is 10.3. The molecule has 2 fully saturated rings. The maximum atomic E-state index is 4.84. The summed E-state index contributed by atoms with van der Waals surface area (Å²) in [6.45, 7) is 10.2. The van der Waals surface area contributed by atoms with Crippen LogP contribution in [0.1, 0.15) is 32.7 Å². The molecule has 0 amide bonds. The third-order valence-electron chi connectivity index (χ3n) is 5.78. The Morgan fingerprint density at radius 1 is 0.933 bits per heavy atom. The minimum absolute atomic E-state index is 0.284. The molecule has 158 valence electrons. The molecule has 0 aliphatic carbocycles. The molecule has 0 atom stereocenters. The first-order valence-electron chi connectivity index (χ1n) is 10.9. The number of pyridine rings is 1. The van der Waals surface area contributed by atoms with Gasteiger partial charge in [-0.1, -0.05) is 0 Å². The van der Waals surface area contributed by atoms with Crippen LogP contribution >= 0.6 is 0 Å². The zero-order valence-corrected chi connectivity index (χ0v) is 17.7. The summed E-state index contributed by atoms with van der Waals surface area (Å²) in [4.78, 5) is 18.9. The van der Waals surface area contributed by atoms with Crippen molar-refractivity contribution in [2.75, 3.05) is 54.4 Å². The fourth-order valence-corrected chi connectivity index (χ4v) is 4.18. The molecule has 2 aliphatic rings. The van der Waals surface area contributed by atoms with Gasteiger partial charge in [-0.25, -0.2) is 4.98 Å². The molecule has 5 heterocycles. The van der Waals surface area contributed by atoms with E-state index in [9.17, 15) is 0 Å². The monoisotopic (exact) mass is 407 g/mol. The highest BCUT2D eigenvalue weighted by molar-refractivity contribution is 5.81. The zero-order valence-electron chi connectivity index (χ0n) is 17.7. The van der Waals surface area contributed by atoms with Crippen LogP contribution in [0.3, 0.4) is 0 Å². The summed E-state index contributed by atoms with van der Waals surface area (Å²) < 4.78 is 2.01. The third kappa shape index (κ3) is 3.77. The van der Waals surface area contributed by atoms with Gasteiger partial charge < -0.3 is 20.4 Å². The fourth-order valence-electron chi connectivity index (χ4n) is 4.18. The second kappa shape index (κ2) is 8.06. The van der Waals surface area contributed by atoms with Crippen molar-refractivity contribution < 1.29 is 0 Å². The Morgan fingerprint density at radius 2 is 1.63 bits per heavy atom. The van der Waals surface area contributed by atoms with Crippen molar-refractivity contribution in [3.05, 3.63) is 24.5 Å². The third-order valence-corrected chi connectivity index (χ3v) is 5.78. The highest BCUT2D eigenvalue weighted by Gasteiger charge is 2.20. The summed E-state index contributed by atoms with van der Waals surface area (Å²) in [5.74, 6) is 3.29. The first-order valence-corrected chi connectivity index (χ1v) is 10.9. The molecule has 2 N–H and O–H groups in total. The van der Waals surface area contributed by atoms with E-state index >= 15 is 0 Å². The number of anilines is 4. The summed E-state index contributed by atoms with van der Waals surface area (Å²) in [7, 11) is 0. The fraction of sp³-hybridized carbons (Fsp3) is 0.524. The maximum Gasteiger partial charge on any atom is 0.232 e. The van der Waals surface area contributed by atoms with Gasteiger partial charge in [0.2, 0.25) is 5.95 Å². The van der Waals surface area contributed by atoms with E-state index in [0.717, 1.165) is 67.6 Å². The van der Waals surface area contributed by atoms with Gasteiger partial charge in [0.05, 0.1) is 11.7 Å². The van der Waals surface area contributed by atoms with Crippen LogP contribution in [-0.4, -0.2) is 64.0 Å².